The third-order valence-corrected chi connectivity index (χ3v) is 5.41. The summed E-state index contributed by atoms with van der Waals surface area (Å²) < 4.78 is 15.2. The predicted octanol–water partition coefficient (Wildman–Crippen LogP) is 4.40. The second-order valence-corrected chi connectivity index (χ2v) is 7.80. The SMILES string of the molecule is Cc1cc(=N)n(C(=Nc2ccc(F)c(Cl)c2)N2CCC(C)CC2)s1. The maximum absolute atomic E-state index is 13.4. The van der Waals surface area contributed by atoms with E-state index in [1.165, 1.54) is 23.7 Å². The molecule has 2 aromatic rings. The van der Waals surface area contributed by atoms with Gasteiger partial charge in [-0.15, -0.1) is 0 Å². The highest BCUT2D eigenvalue weighted by atomic mass is 35.5. The molecule has 128 valence electrons. The van der Waals surface area contributed by atoms with Crippen LogP contribution in [0.15, 0.2) is 29.3 Å². The molecule has 1 aliphatic rings. The molecule has 0 bridgehead atoms. The Hall–Kier alpha value is -1.66. The van der Waals surface area contributed by atoms with Crippen LogP contribution in [0.3, 0.4) is 0 Å². The third kappa shape index (κ3) is 3.70. The number of aliphatic imine (C=N–C) groups is 1. The summed E-state index contributed by atoms with van der Waals surface area (Å²) in [5, 5.41) is 8.26. The first kappa shape index (κ1) is 17.2. The highest BCUT2D eigenvalue weighted by molar-refractivity contribution is 7.07. The smallest absolute Gasteiger partial charge is 0.221 e. The molecule has 1 saturated heterocycles. The normalized spacial score (nSPS) is 16.7. The first-order valence-corrected chi connectivity index (χ1v) is 9.13. The lowest BCUT2D eigenvalue weighted by Crippen LogP contribution is -2.43. The Morgan fingerprint density at radius 2 is 2.04 bits per heavy atom. The van der Waals surface area contributed by atoms with E-state index >= 15 is 0 Å². The largest absolute Gasteiger partial charge is 0.341 e. The molecule has 3 rings (SSSR count). The van der Waals surface area contributed by atoms with Gasteiger partial charge in [0.25, 0.3) is 0 Å². The molecule has 0 spiro atoms. The minimum absolute atomic E-state index is 0.0568. The van der Waals surface area contributed by atoms with Crippen molar-refractivity contribution in [3.05, 3.63) is 45.5 Å². The van der Waals surface area contributed by atoms with Gasteiger partial charge in [0.15, 0.2) is 0 Å². The molecule has 4 nitrogen and oxygen atoms in total. The number of aromatic nitrogens is 1. The van der Waals surface area contributed by atoms with Crippen molar-refractivity contribution in [2.75, 3.05) is 13.1 Å². The fourth-order valence-corrected chi connectivity index (χ4v) is 3.76. The lowest BCUT2D eigenvalue weighted by atomic mass is 10.00. The average Bonchev–Trinajstić information content (AvgIpc) is 2.88. The van der Waals surface area contributed by atoms with Crippen LogP contribution in [0.5, 0.6) is 0 Å². The minimum Gasteiger partial charge on any atom is -0.341 e. The minimum atomic E-state index is -0.454. The van der Waals surface area contributed by atoms with Gasteiger partial charge < -0.3 is 4.90 Å². The van der Waals surface area contributed by atoms with Crippen molar-refractivity contribution < 1.29 is 4.39 Å². The monoisotopic (exact) mass is 366 g/mol. The molecule has 0 aliphatic carbocycles. The van der Waals surface area contributed by atoms with Crippen LogP contribution < -0.4 is 5.49 Å². The number of hydrogen-bond donors (Lipinski definition) is 1. The van der Waals surface area contributed by atoms with E-state index in [0.29, 0.717) is 23.1 Å². The van der Waals surface area contributed by atoms with Gasteiger partial charge in [-0.05, 0) is 49.9 Å². The van der Waals surface area contributed by atoms with Gasteiger partial charge in [-0.1, -0.05) is 30.1 Å². The number of halogens is 2. The quantitative estimate of drug-likeness (QED) is 0.590. The summed E-state index contributed by atoms with van der Waals surface area (Å²) in [6.07, 6.45) is 2.20. The van der Waals surface area contributed by atoms with Gasteiger partial charge in [0, 0.05) is 18.0 Å². The average molecular weight is 367 g/mol. The predicted molar refractivity (Wildman–Crippen MR) is 96.8 cm³/mol. The molecule has 0 atom stereocenters. The Balaban J connectivity index is 2.04. The van der Waals surface area contributed by atoms with E-state index in [9.17, 15) is 4.39 Å². The maximum Gasteiger partial charge on any atom is 0.221 e. The molecule has 0 radical (unpaired) electrons. The van der Waals surface area contributed by atoms with Crippen molar-refractivity contribution in [3.63, 3.8) is 0 Å². The van der Waals surface area contributed by atoms with E-state index in [1.807, 2.05) is 16.9 Å². The summed E-state index contributed by atoms with van der Waals surface area (Å²) in [5.74, 6) is 0.964. The van der Waals surface area contributed by atoms with Gasteiger partial charge >= 0.3 is 0 Å². The number of likely N-dealkylation sites (tertiary alicyclic amines) is 1. The van der Waals surface area contributed by atoms with E-state index in [0.717, 1.165) is 30.8 Å². The molecule has 0 amide bonds. The Bertz CT molecular complexity index is 818. The van der Waals surface area contributed by atoms with Crippen molar-refractivity contribution in [1.82, 2.24) is 8.86 Å². The fraction of sp³-hybridized carbons (Fsp3) is 0.412. The van der Waals surface area contributed by atoms with Crippen LogP contribution in [0.4, 0.5) is 10.1 Å². The van der Waals surface area contributed by atoms with Crippen molar-refractivity contribution in [3.8, 4) is 0 Å². The highest BCUT2D eigenvalue weighted by Crippen LogP contribution is 2.24. The summed E-state index contributed by atoms with van der Waals surface area (Å²) in [7, 11) is 0. The third-order valence-electron chi connectivity index (χ3n) is 4.17. The molecular weight excluding hydrogens is 347 g/mol. The van der Waals surface area contributed by atoms with Crippen molar-refractivity contribution in [2.24, 2.45) is 10.9 Å². The van der Waals surface area contributed by atoms with Gasteiger partial charge in [-0.3, -0.25) is 5.41 Å². The molecule has 2 heterocycles. The molecule has 24 heavy (non-hydrogen) atoms. The molecule has 1 N–H and O–H groups in total. The maximum atomic E-state index is 13.4. The Kier molecular flexibility index (Phi) is 5.06. The van der Waals surface area contributed by atoms with Crippen LogP contribution in [0.2, 0.25) is 5.02 Å². The number of aryl methyl sites for hydroxylation is 1. The van der Waals surface area contributed by atoms with E-state index in [2.05, 4.69) is 11.8 Å². The van der Waals surface area contributed by atoms with E-state index in [4.69, 9.17) is 22.0 Å². The lowest BCUT2D eigenvalue weighted by Gasteiger charge is -2.32. The van der Waals surface area contributed by atoms with Crippen LogP contribution in [0.1, 0.15) is 24.6 Å². The van der Waals surface area contributed by atoms with E-state index in [-0.39, 0.29) is 5.02 Å². The summed E-state index contributed by atoms with van der Waals surface area (Å²) in [6.45, 7) is 6.03. The zero-order valence-electron chi connectivity index (χ0n) is 13.7. The first-order chi connectivity index (χ1) is 11.4. The van der Waals surface area contributed by atoms with Crippen LogP contribution >= 0.6 is 23.1 Å². The Morgan fingerprint density at radius 3 is 2.62 bits per heavy atom. The van der Waals surface area contributed by atoms with Crippen molar-refractivity contribution in [1.29, 1.82) is 5.41 Å². The summed E-state index contributed by atoms with van der Waals surface area (Å²) in [5.41, 5.74) is 0.996. The molecule has 1 aliphatic heterocycles. The first-order valence-electron chi connectivity index (χ1n) is 7.97. The number of rotatable bonds is 1. The molecule has 1 fully saturated rings. The summed E-state index contributed by atoms with van der Waals surface area (Å²) in [6, 6.07) is 6.28. The molecule has 1 aromatic heterocycles. The van der Waals surface area contributed by atoms with Gasteiger partial charge in [-0.2, -0.15) is 0 Å². The zero-order valence-corrected chi connectivity index (χ0v) is 15.3. The summed E-state index contributed by atoms with van der Waals surface area (Å²) >= 11 is 7.38. The van der Waals surface area contributed by atoms with E-state index < -0.39 is 5.82 Å². The molecule has 1 aromatic carbocycles. The fourth-order valence-electron chi connectivity index (χ4n) is 2.74. The standard InChI is InChI=1S/C17H20ClFN4S/c1-11-5-7-22(8-6-11)17(23-16(20)9-12(2)24-23)21-13-3-4-15(19)14(18)10-13/h3-4,9-11,20H,5-8H2,1-2H3. The molecule has 0 saturated carbocycles. The number of benzene rings is 1. The van der Waals surface area contributed by atoms with Gasteiger partial charge in [0.2, 0.25) is 5.96 Å². The second kappa shape index (κ2) is 7.07. The molecule has 7 heteroatoms. The molecule has 0 unspecified atom stereocenters. The Labute approximate surface area is 149 Å². The highest BCUT2D eigenvalue weighted by Gasteiger charge is 2.21. The van der Waals surface area contributed by atoms with Crippen LogP contribution in [-0.2, 0) is 0 Å². The molecular formula is C17H20ClFN4S. The number of nitrogens with one attached hydrogen (secondary N) is 1. The van der Waals surface area contributed by atoms with Gasteiger partial charge in [0.1, 0.15) is 11.3 Å². The van der Waals surface area contributed by atoms with Crippen molar-refractivity contribution in [2.45, 2.75) is 26.7 Å². The second-order valence-electron chi connectivity index (χ2n) is 6.21. The van der Waals surface area contributed by atoms with Crippen LogP contribution in [0, 0.1) is 24.1 Å². The number of nitrogens with zero attached hydrogens (tertiary/aromatic N) is 3. The number of piperidine rings is 1. The van der Waals surface area contributed by atoms with Crippen molar-refractivity contribution >= 4 is 34.8 Å². The van der Waals surface area contributed by atoms with E-state index in [1.54, 1.807) is 6.07 Å². The topological polar surface area (TPSA) is 44.4 Å². The lowest BCUT2D eigenvalue weighted by molar-refractivity contribution is 0.275. The zero-order chi connectivity index (χ0) is 17.3. The van der Waals surface area contributed by atoms with Crippen LogP contribution in [0.25, 0.3) is 0 Å². The van der Waals surface area contributed by atoms with Gasteiger partial charge in [0.05, 0.1) is 10.7 Å². The summed E-state index contributed by atoms with van der Waals surface area (Å²) in [4.78, 5) is 7.95. The van der Waals surface area contributed by atoms with Gasteiger partial charge in [-0.25, -0.2) is 13.3 Å². The van der Waals surface area contributed by atoms with Crippen LogP contribution in [-0.4, -0.2) is 27.9 Å². The Morgan fingerprint density at radius 1 is 1.33 bits per heavy atom. The number of hydrogen-bond acceptors (Lipinski definition) is 3.